The Bertz CT molecular complexity index is 860. The first-order valence-corrected chi connectivity index (χ1v) is 24.8. The zero-order chi connectivity index (χ0) is 39.6. The van der Waals surface area contributed by atoms with Gasteiger partial charge in [-0.25, -0.2) is 4.57 Å². The largest absolute Gasteiger partial charge is 0.472 e. The van der Waals surface area contributed by atoms with Crippen LogP contribution in [0.3, 0.4) is 0 Å². The molecule has 8 nitrogen and oxygen atoms in total. The molecular formula is C45H91N2O6P. The Morgan fingerprint density at radius 2 is 0.944 bits per heavy atom. The molecule has 5 N–H and O–H groups in total. The number of phosphoric ester groups is 1. The van der Waals surface area contributed by atoms with Crippen LogP contribution >= 0.6 is 7.82 Å². The number of nitrogens with two attached hydrogens (primary N) is 1. The molecule has 54 heavy (non-hydrogen) atoms. The van der Waals surface area contributed by atoms with Crippen LogP contribution in [0.4, 0.5) is 0 Å². The van der Waals surface area contributed by atoms with Crippen molar-refractivity contribution in [2.75, 3.05) is 19.8 Å². The quantitative estimate of drug-likeness (QED) is 0.0275. The van der Waals surface area contributed by atoms with Crippen LogP contribution in [-0.2, 0) is 18.4 Å². The van der Waals surface area contributed by atoms with E-state index < -0.39 is 20.0 Å². The zero-order valence-corrected chi connectivity index (χ0v) is 36.6. The standard InChI is InChI=1S/C45H91N2O6P/c1-3-5-7-9-11-13-15-17-19-20-21-22-23-24-25-27-29-31-33-35-37-39-45(49)47-43(42-53-54(50,51)52-41-40-46)44(48)38-36-34-32-30-28-26-18-16-14-12-10-8-6-4-2/h36,38,43-44,48H,3-35,37,39-42,46H2,1-2H3,(H,47,49)(H,50,51)/b38-36+. The predicted molar refractivity (Wildman–Crippen MR) is 231 cm³/mol. The molecule has 0 aromatic heterocycles. The van der Waals surface area contributed by atoms with Gasteiger partial charge in [-0.2, -0.15) is 0 Å². The number of phosphoric acid groups is 1. The third-order valence-electron chi connectivity index (χ3n) is 10.6. The van der Waals surface area contributed by atoms with Gasteiger partial charge in [0.05, 0.1) is 25.4 Å². The van der Waals surface area contributed by atoms with Gasteiger partial charge in [0.15, 0.2) is 0 Å². The summed E-state index contributed by atoms with van der Waals surface area (Å²) in [6.45, 7) is 4.16. The molecule has 0 aromatic carbocycles. The van der Waals surface area contributed by atoms with Crippen molar-refractivity contribution < 1.29 is 28.4 Å². The second-order valence-electron chi connectivity index (χ2n) is 16.0. The van der Waals surface area contributed by atoms with Gasteiger partial charge in [-0.3, -0.25) is 13.8 Å². The molecule has 3 unspecified atom stereocenters. The Kier molecular flexibility index (Phi) is 41.3. The normalized spacial score (nSPS) is 14.1. The van der Waals surface area contributed by atoms with Crippen LogP contribution in [-0.4, -0.2) is 47.8 Å². The molecule has 0 fully saturated rings. The first-order valence-electron chi connectivity index (χ1n) is 23.3. The smallest absolute Gasteiger partial charge is 0.387 e. The third-order valence-corrected chi connectivity index (χ3v) is 11.6. The first kappa shape index (κ1) is 53.2. The molecule has 3 atom stereocenters. The number of hydrogen-bond donors (Lipinski definition) is 4. The van der Waals surface area contributed by atoms with Gasteiger partial charge in [0.1, 0.15) is 0 Å². The fourth-order valence-corrected chi connectivity index (χ4v) is 7.83. The third kappa shape index (κ3) is 39.5. The molecule has 1 amide bonds. The molecule has 322 valence electrons. The maximum atomic E-state index is 12.8. The molecule has 0 aliphatic heterocycles. The number of carbonyl (C=O) groups excluding carboxylic acids is 1. The van der Waals surface area contributed by atoms with E-state index in [4.69, 9.17) is 14.8 Å². The monoisotopic (exact) mass is 787 g/mol. The van der Waals surface area contributed by atoms with Crippen LogP contribution in [0.25, 0.3) is 0 Å². The molecule has 0 rings (SSSR count). The molecule has 0 radical (unpaired) electrons. The van der Waals surface area contributed by atoms with Gasteiger partial charge in [-0.1, -0.05) is 225 Å². The summed E-state index contributed by atoms with van der Waals surface area (Å²) in [7, 11) is -4.33. The number of hydrogen-bond acceptors (Lipinski definition) is 6. The van der Waals surface area contributed by atoms with Crippen LogP contribution in [0, 0.1) is 0 Å². The molecule has 0 saturated heterocycles. The Balaban J connectivity index is 4.08. The fourth-order valence-electron chi connectivity index (χ4n) is 7.07. The lowest BCUT2D eigenvalue weighted by Gasteiger charge is -2.23. The Labute approximate surface area is 335 Å². The van der Waals surface area contributed by atoms with Gasteiger partial charge in [0, 0.05) is 13.0 Å². The van der Waals surface area contributed by atoms with Crippen molar-refractivity contribution >= 4 is 13.7 Å². The van der Waals surface area contributed by atoms with Crippen LogP contribution < -0.4 is 11.1 Å². The Morgan fingerprint density at radius 1 is 0.593 bits per heavy atom. The summed E-state index contributed by atoms with van der Waals surface area (Å²) in [6.07, 6.45) is 46.9. The SMILES string of the molecule is CCCCCCCCCCCCCC/C=C/C(O)C(COP(=O)(O)OCCN)NC(=O)CCCCCCCCCCCCCCCCCCCCCCC. The molecule has 0 aromatic rings. The number of nitrogens with one attached hydrogen (secondary N) is 1. The summed E-state index contributed by atoms with van der Waals surface area (Å²) < 4.78 is 22.1. The minimum atomic E-state index is -4.33. The maximum absolute atomic E-state index is 12.8. The number of allylic oxidation sites excluding steroid dienone is 1. The van der Waals surface area contributed by atoms with E-state index in [0.717, 1.165) is 38.5 Å². The van der Waals surface area contributed by atoms with Gasteiger partial charge >= 0.3 is 7.82 Å². The fraction of sp³-hybridized carbons (Fsp3) is 0.933. The number of amides is 1. The van der Waals surface area contributed by atoms with Gasteiger partial charge in [0.2, 0.25) is 5.91 Å². The molecule has 0 aliphatic rings. The van der Waals surface area contributed by atoms with E-state index in [-0.39, 0.29) is 25.7 Å². The highest BCUT2D eigenvalue weighted by Crippen LogP contribution is 2.43. The Morgan fingerprint density at radius 3 is 1.31 bits per heavy atom. The second-order valence-corrected chi connectivity index (χ2v) is 17.4. The lowest BCUT2D eigenvalue weighted by atomic mass is 10.0. The van der Waals surface area contributed by atoms with Gasteiger partial charge in [-0.15, -0.1) is 0 Å². The number of carbonyl (C=O) groups is 1. The van der Waals surface area contributed by atoms with Gasteiger partial charge in [0.25, 0.3) is 0 Å². The summed E-state index contributed by atoms with van der Waals surface area (Å²) in [5.74, 6) is -0.189. The summed E-state index contributed by atoms with van der Waals surface area (Å²) in [5, 5.41) is 13.7. The van der Waals surface area contributed by atoms with E-state index in [0.29, 0.717) is 6.42 Å². The topological polar surface area (TPSA) is 131 Å². The summed E-state index contributed by atoms with van der Waals surface area (Å²) in [6, 6.07) is -0.854. The zero-order valence-electron chi connectivity index (χ0n) is 35.7. The van der Waals surface area contributed by atoms with Crippen LogP contribution in [0.2, 0.25) is 0 Å². The van der Waals surface area contributed by atoms with Gasteiger partial charge < -0.3 is 21.1 Å². The maximum Gasteiger partial charge on any atom is 0.472 e. The molecule has 9 heteroatoms. The Hall–Kier alpha value is -0.760. The molecule has 0 spiro atoms. The van der Waals surface area contributed by atoms with Crippen molar-refractivity contribution in [2.45, 2.75) is 251 Å². The minimum absolute atomic E-state index is 0.0814. The van der Waals surface area contributed by atoms with Crippen molar-refractivity contribution in [2.24, 2.45) is 5.73 Å². The van der Waals surface area contributed by atoms with Crippen molar-refractivity contribution in [1.29, 1.82) is 0 Å². The van der Waals surface area contributed by atoms with Crippen LogP contribution in [0.1, 0.15) is 239 Å². The highest BCUT2D eigenvalue weighted by Gasteiger charge is 2.26. The average Bonchev–Trinajstić information content (AvgIpc) is 3.16. The minimum Gasteiger partial charge on any atom is -0.387 e. The van der Waals surface area contributed by atoms with Crippen LogP contribution in [0.15, 0.2) is 12.2 Å². The lowest BCUT2D eigenvalue weighted by molar-refractivity contribution is -0.123. The highest BCUT2D eigenvalue weighted by atomic mass is 31.2. The lowest BCUT2D eigenvalue weighted by Crippen LogP contribution is -2.45. The molecular weight excluding hydrogens is 695 g/mol. The second kappa shape index (κ2) is 41.9. The molecule has 0 saturated carbocycles. The molecule has 0 aliphatic carbocycles. The van der Waals surface area contributed by atoms with E-state index in [2.05, 4.69) is 19.2 Å². The number of unbranched alkanes of at least 4 members (excludes halogenated alkanes) is 32. The summed E-state index contributed by atoms with van der Waals surface area (Å²) in [4.78, 5) is 22.7. The predicted octanol–water partition coefficient (Wildman–Crippen LogP) is 13.2. The van der Waals surface area contributed by atoms with Gasteiger partial charge in [-0.05, 0) is 19.3 Å². The number of aliphatic hydroxyl groups excluding tert-OH is 1. The molecule has 0 bridgehead atoms. The van der Waals surface area contributed by atoms with E-state index in [1.807, 2.05) is 6.08 Å². The average molecular weight is 787 g/mol. The van der Waals surface area contributed by atoms with Crippen molar-refractivity contribution in [3.63, 3.8) is 0 Å². The van der Waals surface area contributed by atoms with Crippen molar-refractivity contribution in [1.82, 2.24) is 5.32 Å². The number of rotatable bonds is 44. The van der Waals surface area contributed by atoms with Crippen molar-refractivity contribution in [3.05, 3.63) is 12.2 Å². The van der Waals surface area contributed by atoms with Crippen LogP contribution in [0.5, 0.6) is 0 Å². The van der Waals surface area contributed by atoms with E-state index in [9.17, 15) is 19.4 Å². The summed E-state index contributed by atoms with van der Waals surface area (Å²) in [5.41, 5.74) is 5.38. The van der Waals surface area contributed by atoms with Crippen molar-refractivity contribution in [3.8, 4) is 0 Å². The van der Waals surface area contributed by atoms with E-state index >= 15 is 0 Å². The number of aliphatic hydroxyl groups is 1. The highest BCUT2D eigenvalue weighted by molar-refractivity contribution is 7.47. The van der Waals surface area contributed by atoms with E-state index in [1.54, 1.807) is 6.08 Å². The first-order chi connectivity index (χ1) is 26.4. The summed E-state index contributed by atoms with van der Waals surface area (Å²) >= 11 is 0. The van der Waals surface area contributed by atoms with E-state index in [1.165, 1.54) is 180 Å². The molecule has 0 heterocycles.